The SMILES string of the molecule is CN=C(NCc1ccc(-n2ccnc2)nc1)N1CCC(C)(C)C1.I. The van der Waals surface area contributed by atoms with E-state index in [1.807, 2.05) is 30.1 Å². The summed E-state index contributed by atoms with van der Waals surface area (Å²) in [4.78, 5) is 15.2. The van der Waals surface area contributed by atoms with Crippen LogP contribution in [-0.2, 0) is 6.54 Å². The molecule has 0 saturated carbocycles. The Bertz CT molecular complexity index is 663. The fourth-order valence-electron chi connectivity index (χ4n) is 2.88. The Labute approximate surface area is 160 Å². The zero-order valence-electron chi connectivity index (χ0n) is 14.4. The van der Waals surface area contributed by atoms with E-state index in [4.69, 9.17) is 0 Å². The van der Waals surface area contributed by atoms with Crippen molar-refractivity contribution < 1.29 is 0 Å². The van der Waals surface area contributed by atoms with Crippen molar-refractivity contribution in [1.82, 2.24) is 24.8 Å². The van der Waals surface area contributed by atoms with Gasteiger partial charge in [0.15, 0.2) is 5.96 Å². The number of aliphatic imine (C=N–C) groups is 1. The third-order valence-electron chi connectivity index (χ3n) is 4.22. The number of halogens is 1. The first-order chi connectivity index (χ1) is 11.1. The molecule has 0 bridgehead atoms. The van der Waals surface area contributed by atoms with Crippen molar-refractivity contribution >= 4 is 29.9 Å². The number of hydrogen-bond acceptors (Lipinski definition) is 3. The van der Waals surface area contributed by atoms with Crippen LogP contribution in [0, 0.1) is 5.41 Å². The van der Waals surface area contributed by atoms with Gasteiger partial charge in [0, 0.05) is 45.3 Å². The highest BCUT2D eigenvalue weighted by Crippen LogP contribution is 2.28. The largest absolute Gasteiger partial charge is 0.352 e. The second-order valence-corrected chi connectivity index (χ2v) is 6.73. The summed E-state index contributed by atoms with van der Waals surface area (Å²) in [6, 6.07) is 4.08. The lowest BCUT2D eigenvalue weighted by Gasteiger charge is -2.23. The molecule has 0 spiro atoms. The molecule has 130 valence electrons. The van der Waals surface area contributed by atoms with Crippen molar-refractivity contribution in [3.63, 3.8) is 0 Å². The lowest BCUT2D eigenvalue weighted by molar-refractivity contribution is 0.370. The van der Waals surface area contributed by atoms with E-state index in [-0.39, 0.29) is 24.0 Å². The fraction of sp³-hybridized carbons (Fsp3) is 0.471. The third kappa shape index (κ3) is 4.46. The molecule has 0 aliphatic carbocycles. The smallest absolute Gasteiger partial charge is 0.193 e. The van der Waals surface area contributed by atoms with Crippen molar-refractivity contribution in [2.24, 2.45) is 10.4 Å². The van der Waals surface area contributed by atoms with Gasteiger partial charge in [0.05, 0.1) is 0 Å². The maximum Gasteiger partial charge on any atom is 0.193 e. The van der Waals surface area contributed by atoms with Gasteiger partial charge in [0.2, 0.25) is 0 Å². The molecule has 0 radical (unpaired) electrons. The highest BCUT2D eigenvalue weighted by atomic mass is 127. The Hall–Kier alpha value is -1.64. The van der Waals surface area contributed by atoms with Crippen molar-refractivity contribution in [2.45, 2.75) is 26.8 Å². The number of hydrogen-bond donors (Lipinski definition) is 1. The molecule has 7 heteroatoms. The second-order valence-electron chi connectivity index (χ2n) is 6.73. The molecular formula is C17H25IN6. The molecule has 2 aromatic heterocycles. The number of aromatic nitrogens is 3. The highest BCUT2D eigenvalue weighted by Gasteiger charge is 2.30. The molecule has 0 unspecified atom stereocenters. The fourth-order valence-corrected chi connectivity index (χ4v) is 2.88. The Morgan fingerprint density at radius 3 is 2.75 bits per heavy atom. The molecule has 6 nitrogen and oxygen atoms in total. The van der Waals surface area contributed by atoms with E-state index in [0.29, 0.717) is 5.41 Å². The van der Waals surface area contributed by atoms with Gasteiger partial charge in [-0.15, -0.1) is 24.0 Å². The van der Waals surface area contributed by atoms with Gasteiger partial charge in [-0.2, -0.15) is 0 Å². The van der Waals surface area contributed by atoms with Crippen LogP contribution in [0.2, 0.25) is 0 Å². The molecule has 1 aliphatic heterocycles. The van der Waals surface area contributed by atoms with Gasteiger partial charge in [-0.25, -0.2) is 9.97 Å². The van der Waals surface area contributed by atoms with Crippen LogP contribution in [0.5, 0.6) is 0 Å². The average Bonchev–Trinajstić information content (AvgIpc) is 3.18. The van der Waals surface area contributed by atoms with Crippen molar-refractivity contribution in [3.8, 4) is 5.82 Å². The van der Waals surface area contributed by atoms with Crippen molar-refractivity contribution in [2.75, 3.05) is 20.1 Å². The van der Waals surface area contributed by atoms with E-state index in [9.17, 15) is 0 Å². The van der Waals surface area contributed by atoms with Crippen LogP contribution >= 0.6 is 24.0 Å². The summed E-state index contributed by atoms with van der Waals surface area (Å²) in [6.07, 6.45) is 8.48. The van der Waals surface area contributed by atoms with Gasteiger partial charge < -0.3 is 10.2 Å². The zero-order chi connectivity index (χ0) is 16.3. The van der Waals surface area contributed by atoms with E-state index in [0.717, 1.165) is 37.0 Å². The van der Waals surface area contributed by atoms with E-state index >= 15 is 0 Å². The molecule has 1 N–H and O–H groups in total. The molecule has 0 atom stereocenters. The second kappa shape index (κ2) is 7.96. The Balaban J connectivity index is 0.00000208. The molecule has 0 amide bonds. The van der Waals surface area contributed by atoms with Crippen molar-refractivity contribution in [3.05, 3.63) is 42.6 Å². The minimum absolute atomic E-state index is 0. The highest BCUT2D eigenvalue weighted by molar-refractivity contribution is 14.0. The van der Waals surface area contributed by atoms with Crippen molar-refractivity contribution in [1.29, 1.82) is 0 Å². The van der Waals surface area contributed by atoms with Crippen LogP contribution < -0.4 is 5.32 Å². The van der Waals surface area contributed by atoms with E-state index in [2.05, 4.69) is 45.1 Å². The maximum atomic E-state index is 4.48. The predicted molar refractivity (Wildman–Crippen MR) is 107 cm³/mol. The monoisotopic (exact) mass is 440 g/mol. The maximum absolute atomic E-state index is 4.48. The molecular weight excluding hydrogens is 415 g/mol. The lowest BCUT2D eigenvalue weighted by Crippen LogP contribution is -2.40. The summed E-state index contributed by atoms with van der Waals surface area (Å²) < 4.78 is 1.89. The molecule has 1 saturated heterocycles. The molecule has 0 aromatic carbocycles. The van der Waals surface area contributed by atoms with E-state index in [1.165, 1.54) is 6.42 Å². The topological polar surface area (TPSA) is 58.3 Å². The minimum Gasteiger partial charge on any atom is -0.352 e. The third-order valence-corrected chi connectivity index (χ3v) is 4.22. The van der Waals surface area contributed by atoms with Crippen LogP contribution in [-0.4, -0.2) is 45.5 Å². The summed E-state index contributed by atoms with van der Waals surface area (Å²) >= 11 is 0. The summed E-state index contributed by atoms with van der Waals surface area (Å²) in [7, 11) is 1.84. The predicted octanol–water partition coefficient (Wildman–Crippen LogP) is 2.69. The molecule has 2 aromatic rings. The van der Waals surface area contributed by atoms with Gasteiger partial charge in [0.25, 0.3) is 0 Å². The van der Waals surface area contributed by atoms with Gasteiger partial charge in [-0.1, -0.05) is 19.9 Å². The van der Waals surface area contributed by atoms with Crippen LogP contribution in [0.15, 0.2) is 42.0 Å². The summed E-state index contributed by atoms with van der Waals surface area (Å²) in [5.74, 6) is 1.84. The molecule has 1 aliphatic rings. The minimum atomic E-state index is 0. The van der Waals surface area contributed by atoms with Gasteiger partial charge >= 0.3 is 0 Å². The molecule has 3 heterocycles. The standard InChI is InChI=1S/C17H24N6.HI/c1-17(2)6-8-22(12-17)16(18-3)21-11-14-4-5-15(20-10-14)23-9-7-19-13-23;/h4-5,7,9-10,13H,6,8,11-12H2,1-3H3,(H,18,21);1H. The van der Waals surface area contributed by atoms with Gasteiger partial charge in [-0.05, 0) is 23.5 Å². The Morgan fingerprint density at radius 1 is 1.38 bits per heavy atom. The lowest BCUT2D eigenvalue weighted by atomic mass is 9.93. The van der Waals surface area contributed by atoms with Gasteiger partial charge in [-0.3, -0.25) is 9.56 Å². The van der Waals surface area contributed by atoms with E-state index in [1.54, 1.807) is 12.5 Å². The number of guanidine groups is 1. The van der Waals surface area contributed by atoms with Gasteiger partial charge in [0.1, 0.15) is 12.1 Å². The number of rotatable bonds is 3. The van der Waals surface area contributed by atoms with Crippen LogP contribution in [0.3, 0.4) is 0 Å². The number of imidazole rings is 1. The average molecular weight is 440 g/mol. The number of nitrogens with one attached hydrogen (secondary N) is 1. The van der Waals surface area contributed by atoms with Crippen LogP contribution in [0.4, 0.5) is 0 Å². The first-order valence-electron chi connectivity index (χ1n) is 7.96. The zero-order valence-corrected chi connectivity index (χ0v) is 16.8. The quantitative estimate of drug-likeness (QED) is 0.453. The Morgan fingerprint density at radius 2 is 2.21 bits per heavy atom. The number of pyridine rings is 1. The first-order valence-corrected chi connectivity index (χ1v) is 7.96. The van der Waals surface area contributed by atoms with E-state index < -0.39 is 0 Å². The first kappa shape index (κ1) is 18.7. The summed E-state index contributed by atoms with van der Waals surface area (Å²) in [5.41, 5.74) is 1.50. The molecule has 1 fully saturated rings. The molecule has 24 heavy (non-hydrogen) atoms. The summed E-state index contributed by atoms with van der Waals surface area (Å²) in [6.45, 7) is 7.44. The van der Waals surface area contributed by atoms with Crippen LogP contribution in [0.1, 0.15) is 25.8 Å². The summed E-state index contributed by atoms with van der Waals surface area (Å²) in [5, 5.41) is 3.44. The normalized spacial score (nSPS) is 16.8. The number of nitrogens with zero attached hydrogens (tertiary/aromatic N) is 5. The number of likely N-dealkylation sites (tertiary alicyclic amines) is 1. The van der Waals surface area contributed by atoms with Crippen LogP contribution in [0.25, 0.3) is 5.82 Å². The Kier molecular flexibility index (Phi) is 6.20. The molecule has 3 rings (SSSR count).